The fourth-order valence-electron chi connectivity index (χ4n) is 3.05. The number of nitrogens with one attached hydrogen (secondary N) is 1. The Labute approximate surface area is 200 Å². The average molecular weight is 551 g/mol. The van der Waals surface area contributed by atoms with Gasteiger partial charge < -0.3 is 14.5 Å². The third-order valence-electron chi connectivity index (χ3n) is 4.79. The fourth-order valence-corrected chi connectivity index (χ4v) is 4.43. The van der Waals surface area contributed by atoms with Crippen LogP contribution in [0.1, 0.15) is 18.9 Å². The number of anilines is 1. The minimum absolute atomic E-state index is 0.0484. The highest BCUT2D eigenvalue weighted by Crippen LogP contribution is 2.29. The molecule has 1 amide bonds. The number of halogens is 4. The average Bonchev–Trinajstić information content (AvgIpc) is 2.79. The van der Waals surface area contributed by atoms with E-state index in [0.717, 1.165) is 12.4 Å². The number of hydrogen-bond acceptors (Lipinski definition) is 8. The maximum absolute atomic E-state index is 12.6. The molecule has 180 valence electrons. The van der Waals surface area contributed by atoms with E-state index < -0.39 is 11.7 Å². The van der Waals surface area contributed by atoms with Crippen LogP contribution in [0.15, 0.2) is 32.8 Å². The van der Waals surface area contributed by atoms with E-state index in [-0.39, 0.29) is 35.7 Å². The van der Waals surface area contributed by atoms with Gasteiger partial charge in [0.25, 0.3) is 5.56 Å². The normalized spacial score (nSPS) is 15.5. The quantitative estimate of drug-likeness (QED) is 0.395. The minimum atomic E-state index is -4.48. The van der Waals surface area contributed by atoms with Gasteiger partial charge in [0.2, 0.25) is 11.9 Å². The first-order valence-electron chi connectivity index (χ1n) is 10.0. The van der Waals surface area contributed by atoms with Crippen LogP contribution in [0.3, 0.4) is 0 Å². The molecule has 2 aromatic rings. The van der Waals surface area contributed by atoms with E-state index in [2.05, 4.69) is 36.1 Å². The van der Waals surface area contributed by atoms with Crippen LogP contribution in [0.4, 0.5) is 19.1 Å². The van der Waals surface area contributed by atoms with Crippen molar-refractivity contribution in [2.24, 2.45) is 0 Å². The molecule has 1 atom stereocenters. The molecule has 0 aliphatic carbocycles. The van der Waals surface area contributed by atoms with Crippen molar-refractivity contribution in [3.63, 3.8) is 0 Å². The Morgan fingerprint density at radius 1 is 1.24 bits per heavy atom. The highest BCUT2D eigenvalue weighted by Gasteiger charge is 2.32. The molecule has 3 rings (SSSR count). The number of piperazine rings is 1. The monoisotopic (exact) mass is 550 g/mol. The van der Waals surface area contributed by atoms with Crippen LogP contribution >= 0.6 is 27.7 Å². The van der Waals surface area contributed by atoms with Gasteiger partial charge in [-0.25, -0.2) is 15.1 Å². The summed E-state index contributed by atoms with van der Waals surface area (Å²) < 4.78 is 43.9. The molecule has 1 aliphatic rings. The van der Waals surface area contributed by atoms with E-state index in [4.69, 9.17) is 4.74 Å². The molecule has 2 aromatic heterocycles. The van der Waals surface area contributed by atoms with Crippen molar-refractivity contribution in [1.29, 1.82) is 0 Å². The summed E-state index contributed by atoms with van der Waals surface area (Å²) in [5, 5.41) is 6.16. The first-order valence-corrected chi connectivity index (χ1v) is 11.7. The lowest BCUT2D eigenvalue weighted by Gasteiger charge is -2.34. The number of H-pyrrole nitrogens is 1. The number of carbonyl (C=O) groups is 1. The van der Waals surface area contributed by atoms with Gasteiger partial charge in [-0.2, -0.15) is 18.3 Å². The Morgan fingerprint density at radius 2 is 1.91 bits per heavy atom. The summed E-state index contributed by atoms with van der Waals surface area (Å²) in [4.78, 5) is 35.7. The van der Waals surface area contributed by atoms with Gasteiger partial charge in [-0.3, -0.25) is 9.59 Å². The molecule has 0 unspecified atom stereocenters. The second-order valence-corrected chi connectivity index (χ2v) is 9.54. The van der Waals surface area contributed by atoms with Gasteiger partial charge in [-0.1, -0.05) is 6.92 Å². The number of aromatic amines is 1. The van der Waals surface area contributed by atoms with Gasteiger partial charge in [0, 0.05) is 48.7 Å². The number of ether oxygens (including phenoxy) is 1. The van der Waals surface area contributed by atoms with Gasteiger partial charge in [0.1, 0.15) is 0 Å². The van der Waals surface area contributed by atoms with Crippen LogP contribution in [-0.2, 0) is 15.7 Å². The Hall–Kier alpha value is -2.19. The molecule has 1 saturated heterocycles. The smallest absolute Gasteiger partial charge is 0.380 e. The van der Waals surface area contributed by atoms with E-state index in [1.54, 1.807) is 16.0 Å². The third kappa shape index (κ3) is 7.14. The number of rotatable bonds is 8. The first-order chi connectivity index (χ1) is 15.6. The molecule has 9 nitrogen and oxygen atoms in total. The van der Waals surface area contributed by atoms with Gasteiger partial charge in [-0.15, -0.1) is 11.8 Å². The Bertz CT molecular complexity index is 1000. The number of carbonyl (C=O) groups excluding carboxylic acids is 1. The number of alkyl halides is 3. The highest BCUT2D eigenvalue weighted by molar-refractivity contribution is 9.10. The van der Waals surface area contributed by atoms with Crippen molar-refractivity contribution in [2.45, 2.75) is 29.7 Å². The van der Waals surface area contributed by atoms with Crippen molar-refractivity contribution < 1.29 is 22.7 Å². The van der Waals surface area contributed by atoms with Crippen molar-refractivity contribution in [2.75, 3.05) is 44.3 Å². The lowest BCUT2D eigenvalue weighted by atomic mass is 10.3. The minimum Gasteiger partial charge on any atom is -0.380 e. The molecule has 0 radical (unpaired) electrons. The molecule has 0 saturated carbocycles. The SMILES string of the molecule is C[C@@H](COCCC(=O)N1CCN(c2ncc(C(F)(F)F)cn2)CC1)Sc1cn[nH]c(=O)c1Br. The number of thioether (sulfide) groups is 1. The first kappa shape index (κ1) is 25.4. The largest absolute Gasteiger partial charge is 0.419 e. The van der Waals surface area contributed by atoms with E-state index in [1.165, 1.54) is 11.8 Å². The molecular formula is C19H22BrF3N6O3S. The van der Waals surface area contributed by atoms with Gasteiger partial charge in [0.15, 0.2) is 0 Å². The summed E-state index contributed by atoms with van der Waals surface area (Å²) >= 11 is 4.67. The molecule has 0 bridgehead atoms. The van der Waals surface area contributed by atoms with E-state index in [0.29, 0.717) is 42.2 Å². The van der Waals surface area contributed by atoms with E-state index in [9.17, 15) is 22.8 Å². The summed E-state index contributed by atoms with van der Waals surface area (Å²) in [5.74, 6) is 0.164. The van der Waals surface area contributed by atoms with Crippen molar-refractivity contribution in [1.82, 2.24) is 25.1 Å². The van der Waals surface area contributed by atoms with Gasteiger partial charge in [0.05, 0.1) is 35.9 Å². The van der Waals surface area contributed by atoms with Crippen LogP contribution in [0.2, 0.25) is 0 Å². The van der Waals surface area contributed by atoms with Crippen LogP contribution in [-0.4, -0.2) is 75.6 Å². The predicted octanol–water partition coefficient (Wildman–Crippen LogP) is 2.58. The zero-order valence-corrected chi connectivity index (χ0v) is 20.0. The molecular weight excluding hydrogens is 529 g/mol. The maximum atomic E-state index is 12.6. The predicted molar refractivity (Wildman–Crippen MR) is 119 cm³/mol. The Morgan fingerprint density at radius 3 is 2.55 bits per heavy atom. The Balaban J connectivity index is 1.36. The molecule has 0 spiro atoms. The summed E-state index contributed by atoms with van der Waals surface area (Å²) in [5.41, 5.74) is -1.20. The van der Waals surface area contributed by atoms with Crippen molar-refractivity contribution in [3.8, 4) is 0 Å². The van der Waals surface area contributed by atoms with Crippen LogP contribution in [0.5, 0.6) is 0 Å². The van der Waals surface area contributed by atoms with Crippen LogP contribution < -0.4 is 10.5 Å². The number of amides is 1. The van der Waals surface area contributed by atoms with Gasteiger partial charge >= 0.3 is 6.18 Å². The number of aromatic nitrogens is 4. The van der Waals surface area contributed by atoms with Crippen LogP contribution in [0.25, 0.3) is 0 Å². The Kier molecular flexibility index (Phi) is 8.70. The summed E-state index contributed by atoms with van der Waals surface area (Å²) in [6, 6.07) is 0. The lowest BCUT2D eigenvalue weighted by molar-refractivity contribution is -0.138. The summed E-state index contributed by atoms with van der Waals surface area (Å²) in [6.07, 6.45) is -1.16. The molecule has 14 heteroatoms. The lowest BCUT2D eigenvalue weighted by Crippen LogP contribution is -2.49. The second-order valence-electron chi connectivity index (χ2n) is 7.27. The molecule has 1 aliphatic heterocycles. The molecule has 3 heterocycles. The summed E-state index contributed by atoms with van der Waals surface area (Å²) in [7, 11) is 0. The number of nitrogens with zero attached hydrogens (tertiary/aromatic N) is 5. The highest BCUT2D eigenvalue weighted by atomic mass is 79.9. The maximum Gasteiger partial charge on any atom is 0.419 e. The topological polar surface area (TPSA) is 104 Å². The standard InChI is InChI=1S/C19H22BrF3N6O3S/c1-12(33-14-10-26-27-17(31)16(14)20)11-32-7-2-15(30)28-3-5-29(6-4-28)18-24-8-13(9-25-18)19(21,22)23/h8-10,12H,2-7,11H2,1H3,(H,27,31)/t12-/m0/s1. The van der Waals surface area contributed by atoms with Crippen molar-refractivity contribution in [3.05, 3.63) is 39.0 Å². The molecule has 33 heavy (non-hydrogen) atoms. The zero-order valence-electron chi connectivity index (χ0n) is 17.6. The summed E-state index contributed by atoms with van der Waals surface area (Å²) in [6.45, 7) is 4.34. The molecule has 1 N–H and O–H groups in total. The van der Waals surface area contributed by atoms with Crippen LogP contribution in [0, 0.1) is 0 Å². The fraction of sp³-hybridized carbons (Fsp3) is 0.526. The van der Waals surface area contributed by atoms with E-state index >= 15 is 0 Å². The van der Waals surface area contributed by atoms with Gasteiger partial charge in [-0.05, 0) is 15.9 Å². The molecule has 0 aromatic carbocycles. The zero-order chi connectivity index (χ0) is 24.0. The van der Waals surface area contributed by atoms with E-state index in [1.807, 2.05) is 6.92 Å². The number of hydrogen-bond donors (Lipinski definition) is 1. The third-order valence-corrected chi connectivity index (χ3v) is 6.94. The molecule has 1 fully saturated rings. The second kappa shape index (κ2) is 11.3. The van der Waals surface area contributed by atoms with Crippen molar-refractivity contribution >= 4 is 39.5 Å².